The summed E-state index contributed by atoms with van der Waals surface area (Å²) in [4.78, 5) is 31.8. The van der Waals surface area contributed by atoms with Gasteiger partial charge in [-0.2, -0.15) is 0 Å². The van der Waals surface area contributed by atoms with E-state index in [1.54, 1.807) is 23.2 Å². The van der Waals surface area contributed by atoms with Gasteiger partial charge in [-0.05, 0) is 49.6 Å². The molecule has 1 aliphatic heterocycles. The number of aryl methyl sites for hydroxylation is 1. The van der Waals surface area contributed by atoms with Crippen molar-refractivity contribution in [1.29, 1.82) is 0 Å². The number of aromatic nitrogens is 1. The summed E-state index contributed by atoms with van der Waals surface area (Å²) in [6.07, 6.45) is 6.37. The standard InChI is InChI=1S/C21H23N3O2/c1-14-6-4-9-16(12-14)24-18(13-19(25)23-15-7-2-3-8-15)20-17(21(24)26)10-5-11-22-20/h4-6,9-12,15,18H,2-3,7-8,13H2,1H3,(H,23,25). The molecule has 2 amide bonds. The number of benzene rings is 1. The van der Waals surface area contributed by atoms with Gasteiger partial charge < -0.3 is 5.32 Å². The van der Waals surface area contributed by atoms with Gasteiger partial charge >= 0.3 is 0 Å². The second-order valence-electron chi connectivity index (χ2n) is 7.22. The van der Waals surface area contributed by atoms with Crippen LogP contribution in [-0.2, 0) is 4.79 Å². The predicted molar refractivity (Wildman–Crippen MR) is 100.0 cm³/mol. The number of hydrogen-bond acceptors (Lipinski definition) is 3. The Bertz CT molecular complexity index is 843. The van der Waals surface area contributed by atoms with E-state index in [0.29, 0.717) is 11.3 Å². The molecule has 1 N–H and O–H groups in total. The van der Waals surface area contributed by atoms with Gasteiger partial charge in [0, 0.05) is 17.9 Å². The van der Waals surface area contributed by atoms with E-state index in [4.69, 9.17) is 0 Å². The predicted octanol–water partition coefficient (Wildman–Crippen LogP) is 3.54. The molecular weight excluding hydrogens is 326 g/mol. The molecule has 1 aromatic carbocycles. The van der Waals surface area contributed by atoms with Gasteiger partial charge in [0.15, 0.2) is 0 Å². The Morgan fingerprint density at radius 3 is 2.81 bits per heavy atom. The lowest BCUT2D eigenvalue weighted by atomic mass is 10.1. The van der Waals surface area contributed by atoms with Crippen LogP contribution in [0.5, 0.6) is 0 Å². The molecular formula is C21H23N3O2. The third-order valence-corrected chi connectivity index (χ3v) is 5.29. The summed E-state index contributed by atoms with van der Waals surface area (Å²) < 4.78 is 0. The number of carbonyl (C=O) groups is 2. The van der Waals surface area contributed by atoms with Crippen molar-refractivity contribution in [3.05, 3.63) is 59.4 Å². The van der Waals surface area contributed by atoms with Crippen molar-refractivity contribution in [3.8, 4) is 0 Å². The van der Waals surface area contributed by atoms with E-state index in [1.807, 2.05) is 31.2 Å². The second kappa shape index (κ2) is 6.90. The van der Waals surface area contributed by atoms with Gasteiger partial charge in [0.25, 0.3) is 5.91 Å². The summed E-state index contributed by atoms with van der Waals surface area (Å²) in [5.74, 6) is -0.0942. The van der Waals surface area contributed by atoms with Gasteiger partial charge in [0.2, 0.25) is 5.91 Å². The Morgan fingerprint density at radius 1 is 1.23 bits per heavy atom. The molecule has 5 nitrogen and oxygen atoms in total. The minimum absolute atomic E-state index is 0.00847. The van der Waals surface area contributed by atoms with E-state index >= 15 is 0 Å². The molecule has 1 unspecified atom stereocenters. The first kappa shape index (κ1) is 16.8. The summed E-state index contributed by atoms with van der Waals surface area (Å²) in [6.45, 7) is 2.00. The zero-order valence-electron chi connectivity index (χ0n) is 14.9. The Hall–Kier alpha value is -2.69. The molecule has 1 atom stereocenters. The number of hydrogen-bond donors (Lipinski definition) is 1. The summed E-state index contributed by atoms with van der Waals surface area (Å²) in [6, 6.07) is 11.3. The van der Waals surface area contributed by atoms with Gasteiger partial charge in [-0.15, -0.1) is 0 Å². The average molecular weight is 349 g/mol. The number of nitrogens with one attached hydrogen (secondary N) is 1. The molecule has 2 aliphatic rings. The van der Waals surface area contributed by atoms with Crippen LogP contribution >= 0.6 is 0 Å². The Morgan fingerprint density at radius 2 is 2.04 bits per heavy atom. The van der Waals surface area contributed by atoms with Gasteiger partial charge in [-0.3, -0.25) is 19.5 Å². The number of amides is 2. The molecule has 0 saturated heterocycles. The van der Waals surface area contributed by atoms with Crippen LogP contribution in [-0.4, -0.2) is 22.8 Å². The molecule has 1 saturated carbocycles. The fourth-order valence-electron chi connectivity index (χ4n) is 4.05. The third-order valence-electron chi connectivity index (χ3n) is 5.29. The Kier molecular flexibility index (Phi) is 4.45. The van der Waals surface area contributed by atoms with Gasteiger partial charge in [0.05, 0.1) is 23.7 Å². The first-order chi connectivity index (χ1) is 12.6. The van der Waals surface area contributed by atoms with Crippen LogP contribution < -0.4 is 10.2 Å². The van der Waals surface area contributed by atoms with E-state index in [1.165, 1.54) is 12.8 Å². The fourth-order valence-corrected chi connectivity index (χ4v) is 4.05. The number of fused-ring (bicyclic) bond motifs is 1. The Labute approximate surface area is 153 Å². The molecule has 1 fully saturated rings. The SMILES string of the molecule is Cc1cccc(N2C(=O)c3cccnc3C2CC(=O)NC2CCCC2)c1. The average Bonchev–Trinajstić information content (AvgIpc) is 3.22. The molecule has 0 bridgehead atoms. The maximum absolute atomic E-state index is 13.0. The number of anilines is 1. The zero-order chi connectivity index (χ0) is 18.1. The first-order valence-corrected chi connectivity index (χ1v) is 9.28. The van der Waals surface area contributed by atoms with E-state index in [9.17, 15) is 9.59 Å². The summed E-state index contributed by atoms with van der Waals surface area (Å²) >= 11 is 0. The molecule has 0 spiro atoms. The number of carbonyl (C=O) groups excluding carboxylic acids is 2. The number of nitrogens with zero attached hydrogens (tertiary/aromatic N) is 2. The largest absolute Gasteiger partial charge is 0.353 e. The highest BCUT2D eigenvalue weighted by molar-refractivity contribution is 6.11. The monoisotopic (exact) mass is 349 g/mol. The normalized spacial score (nSPS) is 19.7. The van der Waals surface area contributed by atoms with Crippen molar-refractivity contribution >= 4 is 17.5 Å². The maximum atomic E-state index is 13.0. The lowest BCUT2D eigenvalue weighted by molar-refractivity contribution is -0.122. The van der Waals surface area contributed by atoms with Crippen molar-refractivity contribution in [3.63, 3.8) is 0 Å². The molecule has 134 valence electrons. The molecule has 2 aromatic rings. The highest BCUT2D eigenvalue weighted by atomic mass is 16.2. The van der Waals surface area contributed by atoms with Gasteiger partial charge in [-0.1, -0.05) is 25.0 Å². The van der Waals surface area contributed by atoms with Crippen molar-refractivity contribution in [2.45, 2.75) is 51.1 Å². The molecule has 4 rings (SSSR count). The minimum Gasteiger partial charge on any atom is -0.353 e. The fraction of sp³-hybridized carbons (Fsp3) is 0.381. The van der Waals surface area contributed by atoms with E-state index in [0.717, 1.165) is 24.1 Å². The smallest absolute Gasteiger partial charge is 0.260 e. The van der Waals surface area contributed by atoms with E-state index < -0.39 is 0 Å². The van der Waals surface area contributed by atoms with E-state index in [2.05, 4.69) is 10.3 Å². The highest BCUT2D eigenvalue weighted by Crippen LogP contribution is 2.38. The topological polar surface area (TPSA) is 62.3 Å². The summed E-state index contributed by atoms with van der Waals surface area (Å²) in [5, 5.41) is 3.13. The van der Waals surface area contributed by atoms with Gasteiger partial charge in [0.1, 0.15) is 0 Å². The van der Waals surface area contributed by atoms with E-state index in [-0.39, 0.29) is 30.3 Å². The van der Waals surface area contributed by atoms with Crippen molar-refractivity contribution in [2.75, 3.05) is 4.90 Å². The van der Waals surface area contributed by atoms with Crippen LogP contribution in [0.15, 0.2) is 42.6 Å². The van der Waals surface area contributed by atoms with Gasteiger partial charge in [-0.25, -0.2) is 0 Å². The Balaban J connectivity index is 1.63. The van der Waals surface area contributed by atoms with Crippen LogP contribution in [0, 0.1) is 6.92 Å². The first-order valence-electron chi connectivity index (χ1n) is 9.28. The quantitative estimate of drug-likeness (QED) is 0.918. The zero-order valence-corrected chi connectivity index (χ0v) is 14.9. The van der Waals surface area contributed by atoms with Crippen molar-refractivity contribution in [2.24, 2.45) is 0 Å². The number of pyridine rings is 1. The molecule has 2 heterocycles. The highest BCUT2D eigenvalue weighted by Gasteiger charge is 2.40. The van der Waals surface area contributed by atoms with Crippen LogP contribution in [0.2, 0.25) is 0 Å². The number of rotatable bonds is 4. The minimum atomic E-state index is -0.359. The van der Waals surface area contributed by atoms with Crippen LogP contribution in [0.3, 0.4) is 0 Å². The molecule has 1 aromatic heterocycles. The molecule has 1 aliphatic carbocycles. The van der Waals surface area contributed by atoms with Crippen molar-refractivity contribution < 1.29 is 9.59 Å². The third kappa shape index (κ3) is 3.09. The molecule has 26 heavy (non-hydrogen) atoms. The lowest BCUT2D eigenvalue weighted by Gasteiger charge is -2.25. The van der Waals surface area contributed by atoms with Crippen molar-refractivity contribution in [1.82, 2.24) is 10.3 Å². The summed E-state index contributed by atoms with van der Waals surface area (Å²) in [5.41, 5.74) is 3.17. The maximum Gasteiger partial charge on any atom is 0.260 e. The second-order valence-corrected chi connectivity index (χ2v) is 7.22. The van der Waals surface area contributed by atoms with Crippen LogP contribution in [0.4, 0.5) is 5.69 Å². The molecule has 0 radical (unpaired) electrons. The summed E-state index contributed by atoms with van der Waals surface area (Å²) in [7, 11) is 0. The molecule has 5 heteroatoms. The lowest BCUT2D eigenvalue weighted by Crippen LogP contribution is -2.36. The van der Waals surface area contributed by atoms with Crippen LogP contribution in [0.1, 0.15) is 59.8 Å². The van der Waals surface area contributed by atoms with Crippen LogP contribution in [0.25, 0.3) is 0 Å².